The number of ether oxygens (including phenoxy) is 1. The van der Waals surface area contributed by atoms with E-state index in [-0.39, 0.29) is 5.82 Å². The summed E-state index contributed by atoms with van der Waals surface area (Å²) < 4.78 is 18.3. The fourth-order valence-corrected chi connectivity index (χ4v) is 3.23. The zero-order valence-corrected chi connectivity index (χ0v) is 16.4. The third kappa shape index (κ3) is 5.50. The number of methoxy groups -OCH3 is 1. The molecule has 2 N–H and O–H groups in total. The minimum absolute atomic E-state index is 0.260. The number of aromatic nitrogens is 2. The fourth-order valence-electron chi connectivity index (χ4n) is 3.06. The van der Waals surface area contributed by atoms with Crippen LogP contribution in [0.3, 0.4) is 0 Å². The number of halogens is 1. The molecule has 3 rings (SSSR count). The van der Waals surface area contributed by atoms with Crippen LogP contribution in [0.15, 0.2) is 30.3 Å². The lowest BCUT2D eigenvalue weighted by molar-refractivity contribution is 0.396. The Morgan fingerprint density at radius 1 is 1.33 bits per heavy atom. The molecule has 1 aromatic heterocycles. The Morgan fingerprint density at radius 2 is 2.11 bits per heavy atom. The Bertz CT molecular complexity index is 786. The van der Waals surface area contributed by atoms with E-state index in [4.69, 9.17) is 17.0 Å². The molecule has 144 valence electrons. The van der Waals surface area contributed by atoms with Crippen LogP contribution in [0.5, 0.6) is 5.88 Å². The molecule has 1 aliphatic heterocycles. The van der Waals surface area contributed by atoms with E-state index in [0.29, 0.717) is 29.4 Å². The molecule has 27 heavy (non-hydrogen) atoms. The molecule has 8 heteroatoms. The van der Waals surface area contributed by atoms with Crippen LogP contribution < -0.4 is 20.3 Å². The second-order valence-electron chi connectivity index (χ2n) is 6.72. The second-order valence-corrected chi connectivity index (χ2v) is 7.13. The molecule has 0 amide bonds. The van der Waals surface area contributed by atoms with Crippen molar-refractivity contribution in [3.63, 3.8) is 0 Å². The lowest BCUT2D eigenvalue weighted by Gasteiger charge is -2.32. The predicted octanol–water partition coefficient (Wildman–Crippen LogP) is 3.35. The van der Waals surface area contributed by atoms with Crippen LogP contribution in [-0.4, -0.2) is 35.3 Å². The monoisotopic (exact) mass is 389 g/mol. The standard InChI is InChI=1S/C19H24FN5OS/c1-13-4-3-9-25(12-13)16-10-17(26-2)23-18(22-16)24-19(27)21-11-14-5-7-15(20)8-6-14/h5-8,10,13H,3-4,9,11-12H2,1-2H3,(H2,21,22,23,24,27)/t13-/m0/s1. The topological polar surface area (TPSA) is 62.3 Å². The first-order valence-corrected chi connectivity index (χ1v) is 9.41. The van der Waals surface area contributed by atoms with Gasteiger partial charge in [0.1, 0.15) is 11.6 Å². The minimum atomic E-state index is -0.260. The van der Waals surface area contributed by atoms with E-state index in [1.165, 1.54) is 18.6 Å². The number of nitrogens with zero attached hydrogens (tertiary/aromatic N) is 3. The van der Waals surface area contributed by atoms with Crippen molar-refractivity contribution in [2.75, 3.05) is 30.4 Å². The number of rotatable bonds is 5. The van der Waals surface area contributed by atoms with Crippen LogP contribution in [0.25, 0.3) is 0 Å². The van der Waals surface area contributed by atoms with Crippen molar-refractivity contribution in [3.8, 4) is 5.88 Å². The molecule has 2 aromatic rings. The van der Waals surface area contributed by atoms with Crippen LogP contribution in [0.1, 0.15) is 25.3 Å². The number of piperidine rings is 1. The van der Waals surface area contributed by atoms with Crippen molar-refractivity contribution in [2.24, 2.45) is 5.92 Å². The Balaban J connectivity index is 1.65. The highest BCUT2D eigenvalue weighted by Crippen LogP contribution is 2.25. The van der Waals surface area contributed by atoms with Crippen LogP contribution in [0.4, 0.5) is 16.2 Å². The van der Waals surface area contributed by atoms with Gasteiger partial charge in [0, 0.05) is 25.7 Å². The Hall–Kier alpha value is -2.48. The van der Waals surface area contributed by atoms with Gasteiger partial charge in [-0.15, -0.1) is 0 Å². The van der Waals surface area contributed by atoms with Gasteiger partial charge in [-0.25, -0.2) is 4.39 Å². The van der Waals surface area contributed by atoms with E-state index in [2.05, 4.69) is 32.4 Å². The maximum atomic E-state index is 13.0. The largest absolute Gasteiger partial charge is 0.481 e. The molecule has 0 bridgehead atoms. The second kappa shape index (κ2) is 8.94. The summed E-state index contributed by atoms with van der Waals surface area (Å²) in [5.74, 6) is 2.08. The number of benzene rings is 1. The summed E-state index contributed by atoms with van der Waals surface area (Å²) in [6, 6.07) is 8.11. The van der Waals surface area contributed by atoms with E-state index < -0.39 is 0 Å². The van der Waals surface area contributed by atoms with Gasteiger partial charge in [-0.3, -0.25) is 0 Å². The molecule has 1 aliphatic rings. The smallest absolute Gasteiger partial charge is 0.234 e. The highest BCUT2D eigenvalue weighted by molar-refractivity contribution is 7.80. The maximum Gasteiger partial charge on any atom is 0.234 e. The average Bonchev–Trinajstić information content (AvgIpc) is 2.67. The van der Waals surface area contributed by atoms with Crippen LogP contribution >= 0.6 is 12.2 Å². The molecular formula is C19H24FN5OS. The molecule has 1 atom stereocenters. The molecule has 0 spiro atoms. The zero-order valence-electron chi connectivity index (χ0n) is 15.5. The SMILES string of the molecule is COc1cc(N2CCC[C@H](C)C2)nc(NC(=S)NCc2ccc(F)cc2)n1. The number of nitrogens with one attached hydrogen (secondary N) is 2. The Labute approximate surface area is 164 Å². The summed E-state index contributed by atoms with van der Waals surface area (Å²) in [6.45, 7) is 4.66. The third-order valence-corrected chi connectivity index (χ3v) is 4.72. The van der Waals surface area contributed by atoms with E-state index in [0.717, 1.165) is 30.9 Å². The maximum absolute atomic E-state index is 13.0. The van der Waals surface area contributed by atoms with E-state index in [9.17, 15) is 4.39 Å². The molecule has 1 saturated heterocycles. The van der Waals surface area contributed by atoms with Gasteiger partial charge in [-0.2, -0.15) is 9.97 Å². The van der Waals surface area contributed by atoms with Gasteiger partial charge in [0.2, 0.25) is 11.8 Å². The number of thiocarbonyl (C=S) groups is 1. The molecule has 1 aromatic carbocycles. The lowest BCUT2D eigenvalue weighted by atomic mass is 10.0. The van der Waals surface area contributed by atoms with Gasteiger partial charge in [0.25, 0.3) is 0 Å². The molecule has 1 fully saturated rings. The number of anilines is 2. The lowest BCUT2D eigenvalue weighted by Crippen LogP contribution is -2.35. The van der Waals surface area contributed by atoms with Crippen molar-refractivity contribution < 1.29 is 9.13 Å². The van der Waals surface area contributed by atoms with Crippen molar-refractivity contribution in [1.29, 1.82) is 0 Å². The predicted molar refractivity (Wildman–Crippen MR) is 109 cm³/mol. The molecule has 0 saturated carbocycles. The normalized spacial score (nSPS) is 16.7. The van der Waals surface area contributed by atoms with Gasteiger partial charge in [-0.05, 0) is 48.7 Å². The van der Waals surface area contributed by atoms with Crippen molar-refractivity contribution >= 4 is 29.1 Å². The summed E-state index contributed by atoms with van der Waals surface area (Å²) in [6.07, 6.45) is 2.38. The highest BCUT2D eigenvalue weighted by Gasteiger charge is 2.19. The van der Waals surface area contributed by atoms with Crippen molar-refractivity contribution in [2.45, 2.75) is 26.3 Å². The summed E-state index contributed by atoms with van der Waals surface area (Å²) in [4.78, 5) is 11.2. The summed E-state index contributed by atoms with van der Waals surface area (Å²) in [7, 11) is 1.58. The highest BCUT2D eigenvalue weighted by atomic mass is 32.1. The molecule has 0 radical (unpaired) electrons. The van der Waals surface area contributed by atoms with Gasteiger partial charge in [0.05, 0.1) is 7.11 Å². The first-order valence-electron chi connectivity index (χ1n) is 9.01. The summed E-state index contributed by atoms with van der Waals surface area (Å²) >= 11 is 5.33. The van der Waals surface area contributed by atoms with Crippen LogP contribution in [-0.2, 0) is 6.54 Å². The van der Waals surface area contributed by atoms with Gasteiger partial charge in [0.15, 0.2) is 5.11 Å². The Kier molecular flexibility index (Phi) is 6.39. The van der Waals surface area contributed by atoms with Crippen LogP contribution in [0.2, 0.25) is 0 Å². The minimum Gasteiger partial charge on any atom is -0.481 e. The van der Waals surface area contributed by atoms with E-state index >= 15 is 0 Å². The molecular weight excluding hydrogens is 365 g/mol. The third-order valence-electron chi connectivity index (χ3n) is 4.47. The first-order chi connectivity index (χ1) is 13.0. The molecule has 6 nitrogen and oxygen atoms in total. The van der Waals surface area contributed by atoms with Crippen LogP contribution in [0, 0.1) is 11.7 Å². The Morgan fingerprint density at radius 3 is 2.81 bits per heavy atom. The zero-order chi connectivity index (χ0) is 19.2. The van der Waals surface area contributed by atoms with Gasteiger partial charge >= 0.3 is 0 Å². The molecule has 0 aliphatic carbocycles. The molecule has 0 unspecified atom stereocenters. The summed E-state index contributed by atoms with van der Waals surface area (Å²) in [5.41, 5.74) is 0.926. The summed E-state index contributed by atoms with van der Waals surface area (Å²) in [5, 5.41) is 6.47. The fraction of sp³-hybridized carbons (Fsp3) is 0.421. The van der Waals surface area contributed by atoms with Crippen molar-refractivity contribution in [3.05, 3.63) is 41.7 Å². The number of hydrogen-bond acceptors (Lipinski definition) is 5. The quantitative estimate of drug-likeness (QED) is 0.761. The number of hydrogen-bond donors (Lipinski definition) is 2. The van der Waals surface area contributed by atoms with E-state index in [1.54, 1.807) is 19.2 Å². The first kappa shape index (κ1) is 19.3. The van der Waals surface area contributed by atoms with Gasteiger partial charge < -0.3 is 20.3 Å². The van der Waals surface area contributed by atoms with Crippen molar-refractivity contribution in [1.82, 2.24) is 15.3 Å². The van der Waals surface area contributed by atoms with E-state index in [1.807, 2.05) is 6.07 Å². The van der Waals surface area contributed by atoms with Gasteiger partial charge in [-0.1, -0.05) is 19.1 Å². The molecule has 2 heterocycles. The average molecular weight is 390 g/mol.